The van der Waals surface area contributed by atoms with E-state index in [9.17, 15) is 10.1 Å². The number of non-ortho nitro benzene ring substituents is 1. The largest absolute Gasteiger partial charge is 0.270 e. The Balaban J connectivity index is 0.000000221. The molecule has 38 heavy (non-hydrogen) atoms. The van der Waals surface area contributed by atoms with Crippen LogP contribution in [0.4, 0.5) is 5.69 Å². The normalized spacial score (nSPS) is 14.6. The van der Waals surface area contributed by atoms with Crippen LogP contribution in [-0.4, -0.2) is 9.91 Å². The predicted molar refractivity (Wildman–Crippen MR) is 156 cm³/mol. The van der Waals surface area contributed by atoms with Crippen LogP contribution in [0.15, 0.2) is 109 Å². The number of nitro groups is 1. The summed E-state index contributed by atoms with van der Waals surface area (Å²) in [5, 5.41) is 18.3. The third-order valence-electron chi connectivity index (χ3n) is 7.61. The van der Waals surface area contributed by atoms with Gasteiger partial charge >= 0.3 is 0 Å². The van der Waals surface area contributed by atoms with E-state index in [-0.39, 0.29) is 10.6 Å². The first-order valence-electron chi connectivity index (χ1n) is 13.1. The average Bonchev–Trinajstić information content (AvgIpc) is 2.96. The van der Waals surface area contributed by atoms with Gasteiger partial charge in [0.25, 0.3) is 5.69 Å². The second kappa shape index (κ2) is 10.1. The van der Waals surface area contributed by atoms with Crippen LogP contribution >= 0.6 is 0 Å². The number of rotatable bonds is 2. The fourth-order valence-electron chi connectivity index (χ4n) is 5.70. The van der Waals surface area contributed by atoms with Crippen LogP contribution < -0.4 is 0 Å². The minimum absolute atomic E-state index is 0.137. The van der Waals surface area contributed by atoms with E-state index in [4.69, 9.17) is 0 Å². The molecule has 1 aliphatic carbocycles. The molecule has 0 amide bonds. The van der Waals surface area contributed by atoms with Crippen molar-refractivity contribution in [1.29, 1.82) is 0 Å². The highest BCUT2D eigenvalue weighted by Gasteiger charge is 2.21. The van der Waals surface area contributed by atoms with Gasteiger partial charge in [-0.3, -0.25) is 15.1 Å². The minimum atomic E-state index is -0.319. The van der Waals surface area contributed by atoms with E-state index in [1.807, 2.05) is 42.7 Å². The Kier molecular flexibility index (Phi) is 6.30. The highest BCUT2D eigenvalue weighted by Crippen LogP contribution is 2.41. The minimum Gasteiger partial charge on any atom is -0.264 e. The van der Waals surface area contributed by atoms with Crippen molar-refractivity contribution in [1.82, 2.24) is 4.98 Å². The molecule has 1 unspecified atom stereocenters. The fraction of sp³-hybridized carbons (Fsp3) is 0.147. The van der Waals surface area contributed by atoms with Gasteiger partial charge in [-0.05, 0) is 98.0 Å². The third kappa shape index (κ3) is 4.50. The van der Waals surface area contributed by atoms with Crippen molar-refractivity contribution in [2.45, 2.75) is 26.2 Å². The van der Waals surface area contributed by atoms with E-state index >= 15 is 0 Å². The molecule has 1 aliphatic rings. The molecular formula is C34H28N2O2. The summed E-state index contributed by atoms with van der Waals surface area (Å²) in [4.78, 5) is 15.0. The van der Waals surface area contributed by atoms with Gasteiger partial charge in [-0.25, -0.2) is 0 Å². The molecule has 5 aromatic carbocycles. The molecule has 1 atom stereocenters. The Morgan fingerprint density at radius 1 is 0.816 bits per heavy atom. The maximum Gasteiger partial charge on any atom is 0.270 e. The zero-order valence-electron chi connectivity index (χ0n) is 21.3. The first kappa shape index (κ1) is 23.8. The molecule has 0 radical (unpaired) electrons. The molecule has 4 heteroatoms. The van der Waals surface area contributed by atoms with Crippen LogP contribution in [0.25, 0.3) is 43.4 Å². The zero-order chi connectivity index (χ0) is 26.1. The fourth-order valence-corrected chi connectivity index (χ4v) is 5.70. The number of hydrogen-bond donors (Lipinski definition) is 0. The van der Waals surface area contributed by atoms with Gasteiger partial charge in [0.05, 0.1) is 4.92 Å². The van der Waals surface area contributed by atoms with Gasteiger partial charge < -0.3 is 0 Å². The molecule has 0 bridgehead atoms. The monoisotopic (exact) mass is 496 g/mol. The lowest BCUT2D eigenvalue weighted by Gasteiger charge is -2.25. The van der Waals surface area contributed by atoms with Gasteiger partial charge in [0, 0.05) is 24.5 Å². The highest BCUT2D eigenvalue weighted by atomic mass is 16.6. The van der Waals surface area contributed by atoms with E-state index in [1.54, 1.807) is 12.1 Å². The molecule has 0 saturated heterocycles. The van der Waals surface area contributed by atoms with Crippen molar-refractivity contribution in [2.75, 3.05) is 0 Å². The van der Waals surface area contributed by atoms with Gasteiger partial charge in [0.2, 0.25) is 0 Å². The predicted octanol–water partition coefficient (Wildman–Crippen LogP) is 8.93. The van der Waals surface area contributed by atoms with Crippen LogP contribution in [0.3, 0.4) is 0 Å². The van der Waals surface area contributed by atoms with E-state index in [0.717, 1.165) is 29.2 Å². The van der Waals surface area contributed by atoms with Crippen molar-refractivity contribution in [3.05, 3.63) is 131 Å². The lowest BCUT2D eigenvalue weighted by atomic mass is 9.80. The van der Waals surface area contributed by atoms with Gasteiger partial charge in [0.1, 0.15) is 0 Å². The SMILES string of the molecule is CC1CCc2c(ccc3c2c(-c2ccccc2)cc2cc([N+](=O)[O-])ccc23)C1.c1ccc2cnccc2c1. The topological polar surface area (TPSA) is 56.0 Å². The summed E-state index contributed by atoms with van der Waals surface area (Å²) < 4.78 is 0. The lowest BCUT2D eigenvalue weighted by molar-refractivity contribution is -0.384. The smallest absolute Gasteiger partial charge is 0.264 e. The number of fused-ring (bicyclic) bond motifs is 6. The molecule has 0 fully saturated rings. The number of pyridine rings is 1. The standard InChI is InChI=1S/C25H21NO2.C9H7N/c1-16-7-10-22-18(13-16)8-11-23-21-12-9-20(26(27)28)14-19(21)15-24(25(22)23)17-5-3-2-4-6-17;1-2-4-9-7-10-6-5-8(9)3-1/h2-6,8-9,11-12,14-16H,7,10,13H2,1H3;1-7H. The average molecular weight is 497 g/mol. The lowest BCUT2D eigenvalue weighted by Crippen LogP contribution is -2.12. The maximum atomic E-state index is 11.3. The Labute approximate surface area is 221 Å². The molecule has 0 aliphatic heterocycles. The molecule has 0 spiro atoms. The quantitative estimate of drug-likeness (QED) is 0.137. The second-order valence-corrected chi connectivity index (χ2v) is 10.1. The van der Waals surface area contributed by atoms with Gasteiger partial charge in [-0.15, -0.1) is 0 Å². The molecule has 1 aromatic heterocycles. The van der Waals surface area contributed by atoms with Crippen LogP contribution in [0.2, 0.25) is 0 Å². The molecule has 7 rings (SSSR count). The van der Waals surface area contributed by atoms with Crippen LogP contribution in [0.5, 0.6) is 0 Å². The van der Waals surface area contributed by atoms with Crippen molar-refractivity contribution in [2.24, 2.45) is 5.92 Å². The molecule has 186 valence electrons. The second-order valence-electron chi connectivity index (χ2n) is 10.1. The molecule has 1 heterocycles. The molecule has 4 nitrogen and oxygen atoms in total. The third-order valence-corrected chi connectivity index (χ3v) is 7.61. The number of aryl methyl sites for hydroxylation is 1. The number of nitro benzene ring substituents is 1. The maximum absolute atomic E-state index is 11.3. The number of benzene rings is 5. The molecular weight excluding hydrogens is 468 g/mol. The van der Waals surface area contributed by atoms with Crippen molar-refractivity contribution >= 4 is 38.0 Å². The Bertz CT molecular complexity index is 1730. The zero-order valence-corrected chi connectivity index (χ0v) is 21.3. The molecule has 6 aromatic rings. The Morgan fingerprint density at radius 3 is 2.37 bits per heavy atom. The van der Waals surface area contributed by atoms with Crippen molar-refractivity contribution in [3.63, 3.8) is 0 Å². The van der Waals surface area contributed by atoms with Crippen molar-refractivity contribution < 1.29 is 4.92 Å². The highest BCUT2D eigenvalue weighted by molar-refractivity contribution is 6.15. The van der Waals surface area contributed by atoms with Gasteiger partial charge in [-0.1, -0.05) is 73.7 Å². The Morgan fingerprint density at radius 2 is 1.58 bits per heavy atom. The first-order valence-corrected chi connectivity index (χ1v) is 13.1. The number of nitrogens with zero attached hydrogens (tertiary/aromatic N) is 2. The molecule has 0 saturated carbocycles. The van der Waals surface area contributed by atoms with E-state index < -0.39 is 0 Å². The van der Waals surface area contributed by atoms with E-state index in [1.165, 1.54) is 44.7 Å². The summed E-state index contributed by atoms with van der Waals surface area (Å²) in [5.41, 5.74) is 5.37. The number of aromatic nitrogens is 1. The van der Waals surface area contributed by atoms with Gasteiger partial charge in [0.15, 0.2) is 0 Å². The molecule has 0 N–H and O–H groups in total. The first-order chi connectivity index (χ1) is 18.6. The van der Waals surface area contributed by atoms with Crippen LogP contribution in [-0.2, 0) is 12.8 Å². The summed E-state index contributed by atoms with van der Waals surface area (Å²) >= 11 is 0. The van der Waals surface area contributed by atoms with Gasteiger partial charge in [-0.2, -0.15) is 0 Å². The number of hydrogen-bond acceptors (Lipinski definition) is 3. The van der Waals surface area contributed by atoms with Crippen LogP contribution in [0, 0.1) is 16.0 Å². The summed E-state index contributed by atoms with van der Waals surface area (Å²) in [6.45, 7) is 2.32. The summed E-state index contributed by atoms with van der Waals surface area (Å²) in [5.74, 6) is 0.716. The summed E-state index contributed by atoms with van der Waals surface area (Å²) in [6, 6.07) is 32.4. The summed E-state index contributed by atoms with van der Waals surface area (Å²) in [6.07, 6.45) is 7.10. The summed E-state index contributed by atoms with van der Waals surface area (Å²) in [7, 11) is 0. The van der Waals surface area contributed by atoms with E-state index in [0.29, 0.717) is 5.92 Å². The van der Waals surface area contributed by atoms with Crippen molar-refractivity contribution in [3.8, 4) is 11.1 Å². The Hall–Kier alpha value is -4.57. The van der Waals surface area contributed by atoms with E-state index in [2.05, 4.69) is 66.5 Å². The van der Waals surface area contributed by atoms with Crippen LogP contribution in [0.1, 0.15) is 24.5 Å².